The molecule has 0 unspecified atom stereocenters. The summed E-state index contributed by atoms with van der Waals surface area (Å²) >= 11 is 17.0. The highest BCUT2D eigenvalue weighted by molar-refractivity contribution is 7.80. The fourth-order valence-corrected chi connectivity index (χ4v) is 3.09. The van der Waals surface area contributed by atoms with Crippen molar-refractivity contribution in [1.82, 2.24) is 10.6 Å². The second-order valence-corrected chi connectivity index (χ2v) is 6.77. The molecule has 0 spiro atoms. The number of carbonyl (C=O) groups excluding carboxylic acids is 2. The lowest BCUT2D eigenvalue weighted by atomic mass is 10.1. The average Bonchev–Trinajstić information content (AvgIpc) is 2.58. The van der Waals surface area contributed by atoms with Crippen LogP contribution in [0, 0.1) is 5.82 Å². The molecular weight excluding hydrogens is 414 g/mol. The van der Waals surface area contributed by atoms with E-state index in [1.54, 1.807) is 12.1 Å². The number of ether oxygens (including phenoxy) is 1. The van der Waals surface area contributed by atoms with Crippen molar-refractivity contribution in [2.45, 2.75) is 6.61 Å². The molecule has 0 atom stereocenters. The second-order valence-electron chi connectivity index (χ2n) is 5.52. The number of rotatable bonds is 4. The van der Waals surface area contributed by atoms with Gasteiger partial charge in [-0.15, -0.1) is 0 Å². The number of nitrogens with one attached hydrogen (secondary N) is 2. The van der Waals surface area contributed by atoms with E-state index in [0.29, 0.717) is 16.1 Å². The third-order valence-corrected chi connectivity index (χ3v) is 4.28. The van der Waals surface area contributed by atoms with E-state index in [0.717, 1.165) is 0 Å². The van der Waals surface area contributed by atoms with Crippen molar-refractivity contribution in [3.63, 3.8) is 0 Å². The van der Waals surface area contributed by atoms with Crippen LogP contribution in [-0.2, 0) is 16.2 Å². The Kier molecular flexibility index (Phi) is 5.74. The zero-order valence-corrected chi connectivity index (χ0v) is 15.8. The highest BCUT2D eigenvalue weighted by atomic mass is 35.5. The van der Waals surface area contributed by atoms with Gasteiger partial charge in [0.1, 0.15) is 23.7 Å². The van der Waals surface area contributed by atoms with E-state index in [1.165, 1.54) is 30.3 Å². The summed E-state index contributed by atoms with van der Waals surface area (Å²) in [6.07, 6.45) is 1.31. The molecule has 2 aromatic carbocycles. The summed E-state index contributed by atoms with van der Waals surface area (Å²) < 4.78 is 18.7. The van der Waals surface area contributed by atoms with Gasteiger partial charge in [0.05, 0.1) is 5.02 Å². The standard InChI is InChI=1S/C18H11Cl2FN2O3S/c19-11-5-10(6-13-16(24)22-18(27)23-17(13)25)15(14(20)7-11)26-8-9-1-3-12(21)4-2-9/h1-7H,8H2,(H2,22,23,24,25,27). The molecule has 0 saturated carbocycles. The molecule has 2 aromatic rings. The summed E-state index contributed by atoms with van der Waals surface area (Å²) in [6.45, 7) is 0.0975. The molecule has 1 saturated heterocycles. The van der Waals surface area contributed by atoms with E-state index in [1.807, 2.05) is 0 Å². The van der Waals surface area contributed by atoms with Gasteiger partial charge in [0.2, 0.25) is 0 Å². The van der Waals surface area contributed by atoms with E-state index < -0.39 is 11.8 Å². The van der Waals surface area contributed by atoms with Gasteiger partial charge in [0, 0.05) is 10.6 Å². The number of halogens is 3. The fraction of sp³-hybridized carbons (Fsp3) is 0.0556. The van der Waals surface area contributed by atoms with Crippen molar-refractivity contribution >= 4 is 58.4 Å². The van der Waals surface area contributed by atoms with Crippen LogP contribution in [0.5, 0.6) is 5.75 Å². The summed E-state index contributed by atoms with van der Waals surface area (Å²) in [5, 5.41) is 5.11. The normalized spacial score (nSPS) is 13.9. The predicted molar refractivity (Wildman–Crippen MR) is 104 cm³/mol. The van der Waals surface area contributed by atoms with Crippen LogP contribution in [0.2, 0.25) is 10.0 Å². The minimum Gasteiger partial charge on any atom is -0.487 e. The Labute approximate surface area is 169 Å². The molecule has 1 fully saturated rings. The van der Waals surface area contributed by atoms with Crippen LogP contribution in [0.15, 0.2) is 42.0 Å². The molecule has 138 valence electrons. The van der Waals surface area contributed by atoms with E-state index >= 15 is 0 Å². The van der Waals surface area contributed by atoms with Crippen LogP contribution in [0.3, 0.4) is 0 Å². The lowest BCUT2D eigenvalue weighted by Crippen LogP contribution is -2.51. The van der Waals surface area contributed by atoms with Gasteiger partial charge in [-0.05, 0) is 48.1 Å². The number of thiocarbonyl (C=S) groups is 1. The van der Waals surface area contributed by atoms with Gasteiger partial charge in [-0.1, -0.05) is 35.3 Å². The van der Waals surface area contributed by atoms with E-state index in [9.17, 15) is 14.0 Å². The smallest absolute Gasteiger partial charge is 0.263 e. The Hall–Kier alpha value is -2.48. The number of hydrogen-bond donors (Lipinski definition) is 2. The molecular formula is C18H11Cl2FN2O3S. The minimum atomic E-state index is -0.649. The maximum atomic E-state index is 13.0. The Balaban J connectivity index is 1.94. The quantitative estimate of drug-likeness (QED) is 0.446. The van der Waals surface area contributed by atoms with Crippen molar-refractivity contribution in [3.05, 3.63) is 69.0 Å². The average molecular weight is 425 g/mol. The Morgan fingerprint density at radius 3 is 2.33 bits per heavy atom. The molecule has 3 rings (SSSR count). The largest absolute Gasteiger partial charge is 0.487 e. The molecule has 0 aliphatic carbocycles. The predicted octanol–water partition coefficient (Wildman–Crippen LogP) is 3.63. The summed E-state index contributed by atoms with van der Waals surface area (Å²) in [4.78, 5) is 24.1. The molecule has 0 aromatic heterocycles. The van der Waals surface area contributed by atoms with Gasteiger partial charge in [-0.3, -0.25) is 20.2 Å². The molecule has 0 radical (unpaired) electrons. The van der Waals surface area contributed by atoms with E-state index in [2.05, 4.69) is 10.6 Å². The van der Waals surface area contributed by atoms with Crippen LogP contribution in [0.1, 0.15) is 11.1 Å². The first-order valence-corrected chi connectivity index (χ1v) is 8.74. The van der Waals surface area contributed by atoms with Gasteiger partial charge < -0.3 is 4.74 Å². The van der Waals surface area contributed by atoms with Crippen LogP contribution >= 0.6 is 35.4 Å². The summed E-state index contributed by atoms with van der Waals surface area (Å²) in [5.74, 6) is -1.43. The molecule has 0 bridgehead atoms. The molecule has 5 nitrogen and oxygen atoms in total. The van der Waals surface area contributed by atoms with Crippen molar-refractivity contribution in [2.75, 3.05) is 0 Å². The third-order valence-electron chi connectivity index (χ3n) is 3.58. The summed E-state index contributed by atoms with van der Waals surface area (Å²) in [6, 6.07) is 8.74. The maximum absolute atomic E-state index is 13.0. The molecule has 1 aliphatic heterocycles. The molecule has 27 heavy (non-hydrogen) atoms. The van der Waals surface area contributed by atoms with Crippen molar-refractivity contribution < 1.29 is 18.7 Å². The van der Waals surface area contributed by atoms with E-state index in [-0.39, 0.29) is 33.9 Å². The van der Waals surface area contributed by atoms with Gasteiger partial charge in [0.15, 0.2) is 5.11 Å². The van der Waals surface area contributed by atoms with Crippen LogP contribution in [-0.4, -0.2) is 16.9 Å². The first kappa shape index (κ1) is 19.3. The van der Waals surface area contributed by atoms with Crippen LogP contribution < -0.4 is 15.4 Å². The van der Waals surface area contributed by atoms with Gasteiger partial charge in [-0.25, -0.2) is 4.39 Å². The van der Waals surface area contributed by atoms with Crippen molar-refractivity contribution in [2.24, 2.45) is 0 Å². The van der Waals surface area contributed by atoms with Crippen molar-refractivity contribution in [3.8, 4) is 5.75 Å². The SMILES string of the molecule is O=C1NC(=S)NC(=O)C1=Cc1cc(Cl)cc(Cl)c1OCc1ccc(F)cc1. The number of amides is 2. The maximum Gasteiger partial charge on any atom is 0.263 e. The van der Waals surface area contributed by atoms with Crippen LogP contribution in [0.25, 0.3) is 6.08 Å². The first-order valence-electron chi connectivity index (χ1n) is 7.58. The second kappa shape index (κ2) is 8.04. The summed E-state index contributed by atoms with van der Waals surface area (Å²) in [5.41, 5.74) is 0.871. The Bertz CT molecular complexity index is 955. The molecule has 9 heteroatoms. The molecule has 2 amide bonds. The number of benzene rings is 2. The monoisotopic (exact) mass is 424 g/mol. The van der Waals surface area contributed by atoms with Gasteiger partial charge >= 0.3 is 0 Å². The zero-order chi connectivity index (χ0) is 19.6. The fourth-order valence-electron chi connectivity index (χ4n) is 2.34. The number of hydrogen-bond acceptors (Lipinski definition) is 4. The van der Waals surface area contributed by atoms with Gasteiger partial charge in [0.25, 0.3) is 11.8 Å². The molecule has 2 N–H and O–H groups in total. The Morgan fingerprint density at radius 2 is 1.70 bits per heavy atom. The third kappa shape index (κ3) is 4.63. The number of carbonyl (C=O) groups is 2. The highest BCUT2D eigenvalue weighted by Crippen LogP contribution is 2.34. The topological polar surface area (TPSA) is 67.4 Å². The molecule has 1 heterocycles. The first-order chi connectivity index (χ1) is 12.8. The highest BCUT2D eigenvalue weighted by Gasteiger charge is 2.26. The zero-order valence-electron chi connectivity index (χ0n) is 13.5. The van der Waals surface area contributed by atoms with E-state index in [4.69, 9.17) is 40.2 Å². The lowest BCUT2D eigenvalue weighted by Gasteiger charge is -2.17. The van der Waals surface area contributed by atoms with Gasteiger partial charge in [-0.2, -0.15) is 0 Å². The Morgan fingerprint density at radius 1 is 1.07 bits per heavy atom. The lowest BCUT2D eigenvalue weighted by molar-refractivity contribution is -0.123. The minimum absolute atomic E-state index is 0.0703. The van der Waals surface area contributed by atoms with Crippen molar-refractivity contribution in [1.29, 1.82) is 0 Å². The summed E-state index contributed by atoms with van der Waals surface area (Å²) in [7, 11) is 0. The van der Waals surface area contributed by atoms with Crippen LogP contribution in [0.4, 0.5) is 4.39 Å². The molecule has 1 aliphatic rings.